The lowest BCUT2D eigenvalue weighted by molar-refractivity contribution is -0.137. The van der Waals surface area contributed by atoms with Gasteiger partial charge in [0.25, 0.3) is 0 Å². The normalized spacial score (nSPS) is 11.1. The number of carbonyl (C=O) groups is 1. The van der Waals surface area contributed by atoms with Crippen molar-refractivity contribution in [2.75, 3.05) is 14.2 Å². The van der Waals surface area contributed by atoms with Gasteiger partial charge in [0.15, 0.2) is 5.69 Å². The first-order valence-electron chi connectivity index (χ1n) is 4.10. The fraction of sp³-hybridized carbons (Fsp3) is 0.333. The molecule has 0 unspecified atom stereocenters. The Balaban J connectivity index is 3.27. The van der Waals surface area contributed by atoms with Crippen LogP contribution in [-0.2, 0) is 10.9 Å². The molecule has 0 aliphatic rings. The van der Waals surface area contributed by atoms with Crippen molar-refractivity contribution >= 4 is 5.97 Å². The molecule has 0 saturated carbocycles. The second-order valence-electron chi connectivity index (χ2n) is 2.77. The number of alkyl halides is 3. The third kappa shape index (κ3) is 2.62. The fourth-order valence-corrected chi connectivity index (χ4v) is 0.983. The lowest BCUT2D eigenvalue weighted by atomic mass is 10.2. The van der Waals surface area contributed by atoms with E-state index in [0.717, 1.165) is 14.2 Å². The largest absolute Gasteiger partial charge is 0.481 e. The summed E-state index contributed by atoms with van der Waals surface area (Å²) in [5, 5.41) is 0. The number of rotatable bonds is 2. The SMILES string of the molecule is COC(=O)c1cc(C(F)(F)F)cc(OC)n1. The van der Waals surface area contributed by atoms with E-state index < -0.39 is 23.4 Å². The number of halogens is 3. The predicted molar refractivity (Wildman–Crippen MR) is 47.1 cm³/mol. The number of hydrogen-bond acceptors (Lipinski definition) is 4. The maximum atomic E-state index is 12.4. The third-order valence-electron chi connectivity index (χ3n) is 1.73. The summed E-state index contributed by atoms with van der Waals surface area (Å²) < 4.78 is 46.1. The Morgan fingerprint density at radius 2 is 1.94 bits per heavy atom. The Kier molecular flexibility index (Phi) is 3.36. The first-order chi connectivity index (χ1) is 7.38. The molecule has 0 fully saturated rings. The minimum Gasteiger partial charge on any atom is -0.481 e. The summed E-state index contributed by atoms with van der Waals surface area (Å²) in [5.41, 5.74) is -1.46. The van der Waals surface area contributed by atoms with Crippen molar-refractivity contribution < 1.29 is 27.4 Å². The Hall–Kier alpha value is -1.79. The summed E-state index contributed by atoms with van der Waals surface area (Å²) in [4.78, 5) is 14.6. The van der Waals surface area contributed by atoms with E-state index in [9.17, 15) is 18.0 Å². The summed E-state index contributed by atoms with van der Waals surface area (Å²) in [5.74, 6) is -1.25. The van der Waals surface area contributed by atoms with E-state index in [2.05, 4.69) is 14.5 Å². The minimum absolute atomic E-state index is 0.296. The molecule has 0 amide bonds. The third-order valence-corrected chi connectivity index (χ3v) is 1.73. The average molecular weight is 235 g/mol. The van der Waals surface area contributed by atoms with Gasteiger partial charge in [-0.1, -0.05) is 0 Å². The predicted octanol–water partition coefficient (Wildman–Crippen LogP) is 1.90. The van der Waals surface area contributed by atoms with Crippen LogP contribution >= 0.6 is 0 Å². The summed E-state index contributed by atoms with van der Waals surface area (Å²) in [6.07, 6.45) is -4.57. The number of ether oxygens (including phenoxy) is 2. The van der Waals surface area contributed by atoms with Gasteiger partial charge in [-0.3, -0.25) is 0 Å². The van der Waals surface area contributed by atoms with Crippen molar-refractivity contribution in [3.8, 4) is 5.88 Å². The summed E-state index contributed by atoms with van der Waals surface area (Å²) in [7, 11) is 2.21. The summed E-state index contributed by atoms with van der Waals surface area (Å²) in [6, 6.07) is 1.31. The van der Waals surface area contributed by atoms with Gasteiger partial charge in [0, 0.05) is 6.07 Å². The number of pyridine rings is 1. The van der Waals surface area contributed by atoms with Crippen LogP contribution in [0.15, 0.2) is 12.1 Å². The second-order valence-corrected chi connectivity index (χ2v) is 2.77. The van der Waals surface area contributed by atoms with Crippen LogP contribution in [0.4, 0.5) is 13.2 Å². The molecule has 0 bridgehead atoms. The van der Waals surface area contributed by atoms with Crippen molar-refractivity contribution in [2.45, 2.75) is 6.18 Å². The highest BCUT2D eigenvalue weighted by Gasteiger charge is 2.32. The molecule has 1 aromatic heterocycles. The molecule has 7 heteroatoms. The number of aromatic nitrogens is 1. The van der Waals surface area contributed by atoms with Gasteiger partial charge in [0.1, 0.15) is 0 Å². The average Bonchev–Trinajstić information content (AvgIpc) is 2.26. The fourth-order valence-electron chi connectivity index (χ4n) is 0.983. The molecule has 0 aliphatic carbocycles. The van der Waals surface area contributed by atoms with Crippen molar-refractivity contribution in [3.63, 3.8) is 0 Å². The van der Waals surface area contributed by atoms with Crippen LogP contribution in [0.25, 0.3) is 0 Å². The molecular weight excluding hydrogens is 227 g/mol. The molecule has 1 heterocycles. The van der Waals surface area contributed by atoms with Crippen LogP contribution in [0, 0.1) is 0 Å². The molecule has 0 aliphatic heterocycles. The van der Waals surface area contributed by atoms with E-state index >= 15 is 0 Å². The van der Waals surface area contributed by atoms with Crippen LogP contribution in [0.5, 0.6) is 5.88 Å². The van der Waals surface area contributed by atoms with Crippen LogP contribution in [0.2, 0.25) is 0 Å². The highest BCUT2D eigenvalue weighted by atomic mass is 19.4. The molecule has 0 saturated heterocycles. The molecule has 0 aromatic carbocycles. The monoisotopic (exact) mass is 235 g/mol. The van der Waals surface area contributed by atoms with Crippen LogP contribution in [0.1, 0.15) is 16.1 Å². The zero-order valence-corrected chi connectivity index (χ0v) is 8.46. The minimum atomic E-state index is -4.57. The maximum absolute atomic E-state index is 12.4. The summed E-state index contributed by atoms with van der Waals surface area (Å²) >= 11 is 0. The standard InChI is InChI=1S/C9H8F3NO3/c1-15-7-4-5(9(10,11)12)3-6(13-7)8(14)16-2/h3-4H,1-2H3. The van der Waals surface area contributed by atoms with Crippen molar-refractivity contribution in [3.05, 3.63) is 23.4 Å². The molecule has 88 valence electrons. The lowest BCUT2D eigenvalue weighted by Gasteiger charge is -2.09. The van der Waals surface area contributed by atoms with Crippen LogP contribution < -0.4 is 4.74 Å². The van der Waals surface area contributed by atoms with E-state index in [0.29, 0.717) is 12.1 Å². The number of carbonyl (C=O) groups excluding carboxylic acids is 1. The van der Waals surface area contributed by atoms with Crippen molar-refractivity contribution in [1.82, 2.24) is 4.98 Å². The smallest absolute Gasteiger partial charge is 0.416 e. The Morgan fingerprint density at radius 1 is 1.31 bits per heavy atom. The number of esters is 1. The van der Waals surface area contributed by atoms with E-state index in [1.807, 2.05) is 0 Å². The van der Waals surface area contributed by atoms with Crippen molar-refractivity contribution in [1.29, 1.82) is 0 Å². The molecule has 0 spiro atoms. The molecule has 1 aromatic rings. The molecule has 1 rings (SSSR count). The zero-order chi connectivity index (χ0) is 12.3. The van der Waals surface area contributed by atoms with E-state index in [1.165, 1.54) is 0 Å². The quantitative estimate of drug-likeness (QED) is 0.734. The van der Waals surface area contributed by atoms with Crippen molar-refractivity contribution in [2.24, 2.45) is 0 Å². The van der Waals surface area contributed by atoms with Gasteiger partial charge in [-0.15, -0.1) is 0 Å². The molecule has 4 nitrogen and oxygen atoms in total. The molecule has 0 atom stereocenters. The molecule has 0 N–H and O–H groups in total. The summed E-state index contributed by atoms with van der Waals surface area (Å²) in [6.45, 7) is 0. The van der Waals surface area contributed by atoms with Gasteiger partial charge in [0.05, 0.1) is 19.8 Å². The molecule has 0 radical (unpaired) electrons. The van der Waals surface area contributed by atoms with Gasteiger partial charge in [0.2, 0.25) is 5.88 Å². The Labute approximate surface area is 89.0 Å². The van der Waals surface area contributed by atoms with Crippen LogP contribution in [0.3, 0.4) is 0 Å². The van der Waals surface area contributed by atoms with Gasteiger partial charge < -0.3 is 9.47 Å². The van der Waals surface area contributed by atoms with E-state index in [4.69, 9.17) is 0 Å². The second kappa shape index (κ2) is 4.38. The van der Waals surface area contributed by atoms with Gasteiger partial charge in [-0.2, -0.15) is 13.2 Å². The first-order valence-corrected chi connectivity index (χ1v) is 4.10. The zero-order valence-electron chi connectivity index (χ0n) is 8.46. The van der Waals surface area contributed by atoms with Gasteiger partial charge >= 0.3 is 12.1 Å². The van der Waals surface area contributed by atoms with Gasteiger partial charge in [-0.05, 0) is 6.07 Å². The topological polar surface area (TPSA) is 48.4 Å². The van der Waals surface area contributed by atoms with E-state index in [1.54, 1.807) is 0 Å². The highest BCUT2D eigenvalue weighted by molar-refractivity contribution is 5.87. The Bertz CT molecular complexity index is 403. The lowest BCUT2D eigenvalue weighted by Crippen LogP contribution is -2.11. The van der Waals surface area contributed by atoms with E-state index in [-0.39, 0.29) is 5.88 Å². The highest BCUT2D eigenvalue weighted by Crippen LogP contribution is 2.31. The number of hydrogen-bond donors (Lipinski definition) is 0. The molecular formula is C9H8F3NO3. The maximum Gasteiger partial charge on any atom is 0.416 e. The number of nitrogens with zero attached hydrogens (tertiary/aromatic N) is 1. The molecule has 16 heavy (non-hydrogen) atoms. The number of methoxy groups -OCH3 is 2. The van der Waals surface area contributed by atoms with Gasteiger partial charge in [-0.25, -0.2) is 9.78 Å². The van der Waals surface area contributed by atoms with Crippen LogP contribution in [-0.4, -0.2) is 25.2 Å². The Morgan fingerprint density at radius 3 is 2.38 bits per heavy atom. The first kappa shape index (κ1) is 12.3.